The standard InChI is InChI=1S/C15H19NO2/c1-2-12-7-9-16(10-8-12)15(18)11-13-5-3-4-6-14(13)17/h2-6,12,17H,1,7-11H2. The molecule has 96 valence electrons. The van der Waals surface area contributed by atoms with Crippen molar-refractivity contribution in [3.8, 4) is 5.75 Å². The number of hydrogen-bond acceptors (Lipinski definition) is 2. The maximum atomic E-state index is 12.1. The largest absolute Gasteiger partial charge is 0.508 e. The van der Waals surface area contributed by atoms with Gasteiger partial charge in [0.15, 0.2) is 0 Å². The van der Waals surface area contributed by atoms with Crippen molar-refractivity contribution in [3.63, 3.8) is 0 Å². The van der Waals surface area contributed by atoms with Gasteiger partial charge in [0.1, 0.15) is 5.75 Å². The SMILES string of the molecule is C=CC1CCN(C(=O)Cc2ccccc2O)CC1. The van der Waals surface area contributed by atoms with E-state index < -0.39 is 0 Å². The monoisotopic (exact) mass is 245 g/mol. The quantitative estimate of drug-likeness (QED) is 0.830. The molecule has 0 aromatic heterocycles. The second kappa shape index (κ2) is 5.71. The van der Waals surface area contributed by atoms with Crippen LogP contribution >= 0.6 is 0 Å². The Morgan fingerprint density at radius 3 is 2.67 bits per heavy atom. The van der Waals surface area contributed by atoms with Gasteiger partial charge >= 0.3 is 0 Å². The van der Waals surface area contributed by atoms with E-state index in [2.05, 4.69) is 6.58 Å². The highest BCUT2D eigenvalue weighted by atomic mass is 16.3. The Balaban J connectivity index is 1.93. The fourth-order valence-electron chi connectivity index (χ4n) is 2.32. The van der Waals surface area contributed by atoms with E-state index in [1.54, 1.807) is 18.2 Å². The zero-order valence-corrected chi connectivity index (χ0v) is 10.5. The number of benzene rings is 1. The number of amides is 1. The second-order valence-corrected chi connectivity index (χ2v) is 4.76. The number of likely N-dealkylation sites (tertiary alicyclic amines) is 1. The highest BCUT2D eigenvalue weighted by molar-refractivity contribution is 5.79. The highest BCUT2D eigenvalue weighted by Gasteiger charge is 2.21. The number of aromatic hydroxyl groups is 1. The first kappa shape index (κ1) is 12.7. The average molecular weight is 245 g/mol. The molecule has 0 aliphatic carbocycles. The first-order valence-corrected chi connectivity index (χ1v) is 6.38. The summed E-state index contributed by atoms with van der Waals surface area (Å²) in [6, 6.07) is 7.02. The Hall–Kier alpha value is -1.77. The van der Waals surface area contributed by atoms with E-state index in [1.165, 1.54) is 0 Å². The van der Waals surface area contributed by atoms with Gasteiger partial charge in [-0.2, -0.15) is 0 Å². The topological polar surface area (TPSA) is 40.5 Å². The van der Waals surface area contributed by atoms with Gasteiger partial charge < -0.3 is 10.0 Å². The van der Waals surface area contributed by atoms with Gasteiger partial charge in [0, 0.05) is 18.7 Å². The molecule has 1 amide bonds. The molecule has 1 fully saturated rings. The van der Waals surface area contributed by atoms with Crippen LogP contribution < -0.4 is 0 Å². The van der Waals surface area contributed by atoms with E-state index >= 15 is 0 Å². The van der Waals surface area contributed by atoms with Crippen LogP contribution in [0.5, 0.6) is 5.75 Å². The smallest absolute Gasteiger partial charge is 0.227 e. The van der Waals surface area contributed by atoms with Crippen molar-refractivity contribution < 1.29 is 9.90 Å². The molecule has 1 N–H and O–H groups in total. The van der Waals surface area contributed by atoms with Gasteiger partial charge in [0.05, 0.1) is 6.42 Å². The van der Waals surface area contributed by atoms with Crippen molar-refractivity contribution in [2.45, 2.75) is 19.3 Å². The number of rotatable bonds is 3. The summed E-state index contributed by atoms with van der Waals surface area (Å²) in [5.41, 5.74) is 0.702. The fourth-order valence-corrected chi connectivity index (χ4v) is 2.32. The van der Waals surface area contributed by atoms with Crippen LogP contribution in [-0.4, -0.2) is 29.0 Å². The van der Waals surface area contributed by atoms with E-state index in [1.807, 2.05) is 17.0 Å². The van der Waals surface area contributed by atoms with Crippen LogP contribution in [-0.2, 0) is 11.2 Å². The minimum atomic E-state index is 0.0963. The van der Waals surface area contributed by atoms with Crippen LogP contribution in [0.1, 0.15) is 18.4 Å². The summed E-state index contributed by atoms with van der Waals surface area (Å²) >= 11 is 0. The van der Waals surface area contributed by atoms with Crippen molar-refractivity contribution >= 4 is 5.91 Å². The van der Waals surface area contributed by atoms with E-state index in [0.29, 0.717) is 11.5 Å². The number of allylic oxidation sites excluding steroid dienone is 1. The summed E-state index contributed by atoms with van der Waals surface area (Å²) in [5, 5.41) is 9.65. The molecule has 0 unspecified atom stereocenters. The van der Waals surface area contributed by atoms with Crippen molar-refractivity contribution in [2.75, 3.05) is 13.1 Å². The van der Waals surface area contributed by atoms with Gasteiger partial charge in [0.2, 0.25) is 5.91 Å². The van der Waals surface area contributed by atoms with Crippen LogP contribution in [0, 0.1) is 5.92 Å². The molecule has 0 spiro atoms. The van der Waals surface area contributed by atoms with E-state index in [-0.39, 0.29) is 18.1 Å². The fraction of sp³-hybridized carbons (Fsp3) is 0.400. The van der Waals surface area contributed by atoms with Crippen molar-refractivity contribution in [3.05, 3.63) is 42.5 Å². The Morgan fingerprint density at radius 2 is 2.06 bits per heavy atom. The molecule has 0 bridgehead atoms. The normalized spacial score (nSPS) is 16.6. The van der Waals surface area contributed by atoms with Crippen molar-refractivity contribution in [1.82, 2.24) is 4.90 Å². The highest BCUT2D eigenvalue weighted by Crippen LogP contribution is 2.21. The van der Waals surface area contributed by atoms with Gasteiger partial charge in [-0.05, 0) is 24.8 Å². The Labute approximate surface area is 108 Å². The molecule has 3 nitrogen and oxygen atoms in total. The van der Waals surface area contributed by atoms with Crippen LogP contribution in [0.25, 0.3) is 0 Å². The van der Waals surface area contributed by atoms with Crippen LogP contribution in [0.2, 0.25) is 0 Å². The summed E-state index contributed by atoms with van der Waals surface area (Å²) in [6.45, 7) is 5.39. The lowest BCUT2D eigenvalue weighted by molar-refractivity contribution is -0.131. The molecule has 3 heteroatoms. The molecule has 0 atom stereocenters. The molecule has 2 rings (SSSR count). The first-order chi connectivity index (χ1) is 8.70. The number of piperidine rings is 1. The summed E-state index contributed by atoms with van der Waals surface area (Å²) in [5.74, 6) is 0.838. The number of carbonyl (C=O) groups is 1. The van der Waals surface area contributed by atoms with Crippen LogP contribution in [0.4, 0.5) is 0 Å². The molecular weight excluding hydrogens is 226 g/mol. The van der Waals surface area contributed by atoms with Gasteiger partial charge in [-0.3, -0.25) is 4.79 Å². The Bertz CT molecular complexity index is 434. The van der Waals surface area contributed by atoms with Crippen molar-refractivity contribution in [2.24, 2.45) is 5.92 Å². The minimum Gasteiger partial charge on any atom is -0.508 e. The summed E-state index contributed by atoms with van der Waals surface area (Å²) in [6.07, 6.45) is 4.25. The lowest BCUT2D eigenvalue weighted by Gasteiger charge is -2.30. The van der Waals surface area contributed by atoms with Crippen LogP contribution in [0.3, 0.4) is 0 Å². The Morgan fingerprint density at radius 1 is 1.39 bits per heavy atom. The lowest BCUT2D eigenvalue weighted by atomic mass is 9.96. The van der Waals surface area contributed by atoms with Gasteiger partial charge in [-0.15, -0.1) is 6.58 Å². The molecule has 1 aromatic carbocycles. The third-order valence-corrected chi connectivity index (χ3v) is 3.56. The number of carbonyl (C=O) groups excluding carboxylic acids is 1. The first-order valence-electron chi connectivity index (χ1n) is 6.38. The zero-order chi connectivity index (χ0) is 13.0. The number of para-hydroxylation sites is 1. The predicted octanol–water partition coefficient (Wildman–Crippen LogP) is 2.36. The minimum absolute atomic E-state index is 0.0963. The number of phenolic OH excluding ortho intramolecular Hbond substituents is 1. The van der Waals surface area contributed by atoms with E-state index in [9.17, 15) is 9.90 Å². The number of phenols is 1. The number of hydrogen-bond donors (Lipinski definition) is 1. The Kier molecular flexibility index (Phi) is 4.03. The van der Waals surface area contributed by atoms with Gasteiger partial charge in [-0.25, -0.2) is 0 Å². The maximum absolute atomic E-state index is 12.1. The van der Waals surface area contributed by atoms with Gasteiger partial charge in [0.25, 0.3) is 0 Å². The van der Waals surface area contributed by atoms with E-state index in [0.717, 1.165) is 25.9 Å². The third-order valence-electron chi connectivity index (χ3n) is 3.56. The van der Waals surface area contributed by atoms with Crippen molar-refractivity contribution in [1.29, 1.82) is 0 Å². The van der Waals surface area contributed by atoms with E-state index in [4.69, 9.17) is 0 Å². The zero-order valence-electron chi connectivity index (χ0n) is 10.5. The molecular formula is C15H19NO2. The van der Waals surface area contributed by atoms with Gasteiger partial charge in [-0.1, -0.05) is 24.3 Å². The predicted molar refractivity (Wildman–Crippen MR) is 71.3 cm³/mol. The third kappa shape index (κ3) is 2.92. The molecule has 1 aliphatic heterocycles. The molecule has 18 heavy (non-hydrogen) atoms. The molecule has 0 saturated carbocycles. The lowest BCUT2D eigenvalue weighted by Crippen LogP contribution is -2.38. The summed E-state index contributed by atoms with van der Waals surface area (Å²) < 4.78 is 0. The average Bonchev–Trinajstić information content (AvgIpc) is 2.41. The molecule has 1 saturated heterocycles. The molecule has 1 heterocycles. The summed E-state index contributed by atoms with van der Waals surface area (Å²) in [4.78, 5) is 14.0. The summed E-state index contributed by atoms with van der Waals surface area (Å²) in [7, 11) is 0. The molecule has 1 aromatic rings. The number of nitrogens with zero attached hydrogens (tertiary/aromatic N) is 1. The molecule has 0 radical (unpaired) electrons. The second-order valence-electron chi connectivity index (χ2n) is 4.76. The van der Waals surface area contributed by atoms with Crippen LogP contribution in [0.15, 0.2) is 36.9 Å². The molecule has 1 aliphatic rings. The maximum Gasteiger partial charge on any atom is 0.227 e.